The van der Waals surface area contributed by atoms with Crippen LogP contribution in [0.2, 0.25) is 0 Å². The minimum atomic E-state index is -0.338. The number of amides is 1. The van der Waals surface area contributed by atoms with Gasteiger partial charge in [0.1, 0.15) is 0 Å². The summed E-state index contributed by atoms with van der Waals surface area (Å²) in [6.45, 7) is 3.38. The molecule has 2 aliphatic rings. The van der Waals surface area contributed by atoms with Crippen LogP contribution in [-0.4, -0.2) is 61.1 Å². The molecule has 0 radical (unpaired) electrons. The summed E-state index contributed by atoms with van der Waals surface area (Å²) in [4.78, 5) is 42.6. The van der Waals surface area contributed by atoms with Crippen molar-refractivity contribution in [2.75, 3.05) is 31.1 Å². The molecule has 2 fully saturated rings. The number of fused-ring (bicyclic) bond motifs is 1. The molecule has 174 valence electrons. The van der Waals surface area contributed by atoms with Crippen molar-refractivity contribution in [3.8, 4) is 5.88 Å². The number of piperazine rings is 1. The van der Waals surface area contributed by atoms with Crippen LogP contribution in [0.25, 0.3) is 11.2 Å². The molecule has 33 heavy (non-hydrogen) atoms. The van der Waals surface area contributed by atoms with E-state index in [4.69, 9.17) is 0 Å². The SMILES string of the molecule is Cn1c(=O)n(CC2CCC(C(=O)N3CCN(c4ncccn4)CC3)CC2)c2nc([O-])ccc21. The number of rotatable bonds is 4. The summed E-state index contributed by atoms with van der Waals surface area (Å²) in [6, 6.07) is 4.84. The van der Waals surface area contributed by atoms with Crippen LogP contribution >= 0.6 is 0 Å². The van der Waals surface area contributed by atoms with Gasteiger partial charge >= 0.3 is 5.69 Å². The van der Waals surface area contributed by atoms with E-state index in [1.54, 1.807) is 36.1 Å². The third kappa shape index (κ3) is 4.17. The molecule has 0 aromatic carbocycles. The number of aromatic nitrogens is 5. The van der Waals surface area contributed by atoms with Crippen molar-refractivity contribution in [3.63, 3.8) is 0 Å². The molecule has 1 aliphatic carbocycles. The van der Waals surface area contributed by atoms with Crippen LogP contribution in [0.5, 0.6) is 5.88 Å². The van der Waals surface area contributed by atoms with E-state index in [0.29, 0.717) is 42.7 Å². The monoisotopic (exact) mass is 450 g/mol. The summed E-state index contributed by atoms with van der Waals surface area (Å²) in [6.07, 6.45) is 6.89. The predicted octanol–water partition coefficient (Wildman–Crippen LogP) is 0.754. The molecule has 3 aromatic rings. The second-order valence-corrected chi connectivity index (χ2v) is 9.02. The molecule has 3 aromatic heterocycles. The zero-order valence-electron chi connectivity index (χ0n) is 18.8. The zero-order chi connectivity index (χ0) is 22.9. The molecule has 0 N–H and O–H groups in total. The maximum atomic E-state index is 13.1. The first-order chi connectivity index (χ1) is 16.0. The number of anilines is 1. The summed E-state index contributed by atoms with van der Waals surface area (Å²) in [5.74, 6) is 0.947. The lowest BCUT2D eigenvalue weighted by Gasteiger charge is -2.37. The van der Waals surface area contributed by atoms with Crippen molar-refractivity contribution in [1.82, 2.24) is 29.0 Å². The molecule has 1 saturated heterocycles. The smallest absolute Gasteiger partial charge is 0.330 e. The number of nitrogens with zero attached hydrogens (tertiary/aromatic N) is 7. The fourth-order valence-corrected chi connectivity index (χ4v) is 5.11. The number of carbonyl (C=O) groups excluding carboxylic acids is 1. The molecule has 10 heteroatoms. The van der Waals surface area contributed by atoms with Crippen molar-refractivity contribution < 1.29 is 9.90 Å². The maximum Gasteiger partial charge on any atom is 0.330 e. The van der Waals surface area contributed by atoms with Crippen molar-refractivity contribution in [2.45, 2.75) is 32.2 Å². The lowest BCUT2D eigenvalue weighted by Crippen LogP contribution is -2.51. The Bertz CT molecular complexity index is 1190. The number of imidazole rings is 1. The number of hydrogen-bond acceptors (Lipinski definition) is 7. The second-order valence-electron chi connectivity index (χ2n) is 9.02. The largest absolute Gasteiger partial charge is 0.859 e. The van der Waals surface area contributed by atoms with E-state index in [2.05, 4.69) is 19.9 Å². The van der Waals surface area contributed by atoms with E-state index >= 15 is 0 Å². The summed E-state index contributed by atoms with van der Waals surface area (Å²) in [5, 5.41) is 11.7. The normalized spacial score (nSPS) is 21.5. The van der Waals surface area contributed by atoms with E-state index < -0.39 is 0 Å². The van der Waals surface area contributed by atoms with E-state index in [1.807, 2.05) is 4.90 Å². The molecular formula is C23H28N7O3-. The Balaban J connectivity index is 1.17. The highest BCUT2D eigenvalue weighted by Crippen LogP contribution is 2.32. The van der Waals surface area contributed by atoms with Crippen LogP contribution < -0.4 is 15.7 Å². The van der Waals surface area contributed by atoms with Gasteiger partial charge in [-0.15, -0.1) is 0 Å². The van der Waals surface area contributed by atoms with Gasteiger partial charge in [-0.25, -0.2) is 19.7 Å². The van der Waals surface area contributed by atoms with Gasteiger partial charge in [0.05, 0.1) is 5.52 Å². The van der Waals surface area contributed by atoms with Crippen LogP contribution in [0.4, 0.5) is 5.95 Å². The molecule has 0 spiro atoms. The summed E-state index contributed by atoms with van der Waals surface area (Å²) < 4.78 is 3.16. The van der Waals surface area contributed by atoms with Gasteiger partial charge in [0.15, 0.2) is 5.65 Å². The van der Waals surface area contributed by atoms with Gasteiger partial charge in [-0.05, 0) is 55.7 Å². The first-order valence-electron chi connectivity index (χ1n) is 11.6. The fourth-order valence-electron chi connectivity index (χ4n) is 5.11. The molecule has 0 unspecified atom stereocenters. The van der Waals surface area contributed by atoms with Crippen molar-refractivity contribution in [2.24, 2.45) is 18.9 Å². The summed E-state index contributed by atoms with van der Waals surface area (Å²) in [5.41, 5.74) is 0.971. The predicted molar refractivity (Wildman–Crippen MR) is 121 cm³/mol. The first-order valence-corrected chi connectivity index (χ1v) is 11.6. The van der Waals surface area contributed by atoms with Gasteiger partial charge in [-0.1, -0.05) is 0 Å². The Kier molecular flexibility index (Phi) is 5.74. The van der Waals surface area contributed by atoms with Gasteiger partial charge in [0.2, 0.25) is 11.9 Å². The third-order valence-corrected chi connectivity index (χ3v) is 7.03. The molecule has 1 saturated carbocycles. The first kappa shape index (κ1) is 21.4. The fraction of sp³-hybridized carbons (Fsp3) is 0.522. The van der Waals surface area contributed by atoms with E-state index in [0.717, 1.165) is 38.8 Å². The average molecular weight is 451 g/mol. The Morgan fingerprint density at radius 2 is 1.76 bits per heavy atom. The average Bonchev–Trinajstić information content (AvgIpc) is 3.09. The molecule has 1 aliphatic heterocycles. The Labute approximate surface area is 191 Å². The Morgan fingerprint density at radius 1 is 1.06 bits per heavy atom. The number of aryl methyl sites for hydroxylation is 1. The lowest BCUT2D eigenvalue weighted by molar-refractivity contribution is -0.274. The minimum absolute atomic E-state index is 0.0383. The van der Waals surface area contributed by atoms with Crippen LogP contribution in [-0.2, 0) is 18.4 Å². The van der Waals surface area contributed by atoms with Crippen LogP contribution in [0, 0.1) is 11.8 Å². The van der Waals surface area contributed by atoms with Crippen molar-refractivity contribution in [1.29, 1.82) is 0 Å². The van der Waals surface area contributed by atoms with Gasteiger partial charge in [-0.2, -0.15) is 0 Å². The topological polar surface area (TPSA) is 112 Å². The number of hydrogen-bond donors (Lipinski definition) is 0. The zero-order valence-corrected chi connectivity index (χ0v) is 18.8. The second kappa shape index (κ2) is 8.84. The quantitative estimate of drug-likeness (QED) is 0.577. The molecular weight excluding hydrogens is 422 g/mol. The van der Waals surface area contributed by atoms with Crippen molar-refractivity contribution in [3.05, 3.63) is 41.1 Å². The van der Waals surface area contributed by atoms with E-state index in [-0.39, 0.29) is 23.4 Å². The lowest BCUT2D eigenvalue weighted by atomic mass is 9.81. The molecule has 0 atom stereocenters. The Morgan fingerprint density at radius 3 is 2.45 bits per heavy atom. The maximum absolute atomic E-state index is 13.1. The standard InChI is InChI=1S/C23H29N7O3/c1-27-18-7-8-19(31)26-20(18)30(23(27)33)15-16-3-5-17(6-4-16)21(32)28-11-13-29(14-12-28)22-24-9-2-10-25-22/h2,7-10,16-17H,3-6,11-15H2,1H3,(H,26,31)/p-1. The Hall–Kier alpha value is -3.43. The number of pyridine rings is 1. The van der Waals surface area contributed by atoms with Gasteiger partial charge < -0.3 is 14.9 Å². The van der Waals surface area contributed by atoms with Gasteiger partial charge in [0.25, 0.3) is 0 Å². The van der Waals surface area contributed by atoms with E-state index in [1.165, 1.54) is 10.6 Å². The van der Waals surface area contributed by atoms with Gasteiger partial charge in [-0.3, -0.25) is 13.9 Å². The van der Waals surface area contributed by atoms with E-state index in [9.17, 15) is 14.7 Å². The van der Waals surface area contributed by atoms with Crippen molar-refractivity contribution >= 4 is 23.0 Å². The highest BCUT2D eigenvalue weighted by Gasteiger charge is 2.32. The minimum Gasteiger partial charge on any atom is -0.859 e. The molecule has 10 nitrogen and oxygen atoms in total. The molecule has 4 heterocycles. The molecule has 5 rings (SSSR count). The summed E-state index contributed by atoms with van der Waals surface area (Å²) in [7, 11) is 1.70. The number of carbonyl (C=O) groups is 1. The highest BCUT2D eigenvalue weighted by molar-refractivity contribution is 5.79. The van der Waals surface area contributed by atoms with Crippen LogP contribution in [0.15, 0.2) is 35.4 Å². The van der Waals surface area contributed by atoms with Gasteiger partial charge in [0, 0.05) is 58.1 Å². The van der Waals surface area contributed by atoms with Crippen LogP contribution in [0.3, 0.4) is 0 Å². The molecule has 1 amide bonds. The third-order valence-electron chi connectivity index (χ3n) is 7.03. The van der Waals surface area contributed by atoms with Crippen LogP contribution in [0.1, 0.15) is 25.7 Å². The highest BCUT2D eigenvalue weighted by atomic mass is 16.3. The summed E-state index contributed by atoms with van der Waals surface area (Å²) >= 11 is 0. The molecule has 0 bridgehead atoms.